The van der Waals surface area contributed by atoms with E-state index in [-0.39, 0.29) is 46.7 Å². The Morgan fingerprint density at radius 2 is 0.756 bits per heavy atom. The maximum Gasteiger partial charge on any atom is 0.339 e. The number of fused-ring (bicyclic) bond motifs is 4. The number of hydrogen-bond donors (Lipinski definition) is 0. The highest BCUT2D eigenvalue weighted by atomic mass is 32.1. The summed E-state index contributed by atoms with van der Waals surface area (Å²) in [5, 5.41) is 9.29. The summed E-state index contributed by atoms with van der Waals surface area (Å²) >= 11 is 3.28. The van der Waals surface area contributed by atoms with Gasteiger partial charge in [-0.3, -0.25) is 0 Å². The second kappa shape index (κ2) is 34.1. The molecule has 0 aliphatic rings. The Labute approximate surface area is 545 Å². The van der Waals surface area contributed by atoms with Crippen molar-refractivity contribution in [3.05, 3.63) is 82.2 Å². The number of carbonyl (C=O) groups excluding carboxylic acids is 4. The third-order valence-corrected chi connectivity index (χ3v) is 21.0. The minimum absolute atomic E-state index is 0.263. The van der Waals surface area contributed by atoms with Crippen LogP contribution in [0.4, 0.5) is 0 Å². The van der Waals surface area contributed by atoms with Gasteiger partial charge in [-0.25, -0.2) is 19.2 Å². The first-order valence-electron chi connectivity index (χ1n) is 35.1. The molecule has 6 aromatic carbocycles. The lowest BCUT2D eigenvalue weighted by Gasteiger charge is -2.24. The molecule has 2 heterocycles. The fraction of sp³-hybridized carbons (Fsp3) is 0.564. The molecule has 8 rings (SSSR count). The highest BCUT2D eigenvalue weighted by molar-refractivity contribution is 7.23. The molecule has 0 bridgehead atoms. The Balaban J connectivity index is 1.55. The summed E-state index contributed by atoms with van der Waals surface area (Å²) in [7, 11) is 0. The Morgan fingerprint density at radius 1 is 0.367 bits per heavy atom. The van der Waals surface area contributed by atoms with E-state index >= 15 is 19.2 Å². The van der Waals surface area contributed by atoms with E-state index in [1.165, 1.54) is 0 Å². The Morgan fingerprint density at radius 3 is 1.18 bits per heavy atom. The first-order valence-corrected chi connectivity index (χ1v) is 36.8. The number of ether oxygens (including phenoxy) is 6. The predicted molar refractivity (Wildman–Crippen MR) is 378 cm³/mol. The fourth-order valence-corrected chi connectivity index (χ4v) is 15.2. The van der Waals surface area contributed by atoms with Crippen molar-refractivity contribution in [1.82, 2.24) is 0 Å². The molecule has 6 unspecified atom stereocenters. The monoisotopic (exact) mass is 1260 g/mol. The molecule has 0 fully saturated rings. The molecule has 12 heteroatoms. The van der Waals surface area contributed by atoms with Crippen molar-refractivity contribution in [1.29, 1.82) is 0 Å². The SMILES string of the molecule is CCCCC(CC)COc1c2cc(-c3cc(C(=O)OC(CC)CCCC)c4c(C(=O)OC(CC)CCCC)ccc5c6ccc(C(=O)OC(CC)CCCC)c7c(C(=O)OC(CC)CCCC)ccc(c3c45)c76)sc2c(OCC(CC)CCCC)c2ccsc12. The van der Waals surface area contributed by atoms with Crippen LogP contribution in [-0.4, -0.2) is 61.5 Å². The van der Waals surface area contributed by atoms with Gasteiger partial charge >= 0.3 is 23.9 Å². The number of carbonyl (C=O) groups is 4. The summed E-state index contributed by atoms with van der Waals surface area (Å²) in [6.45, 7) is 26.8. The molecule has 6 atom stereocenters. The van der Waals surface area contributed by atoms with Gasteiger partial charge in [-0.1, -0.05) is 191 Å². The molecule has 10 nitrogen and oxygen atoms in total. The van der Waals surface area contributed by atoms with E-state index in [0.717, 1.165) is 179 Å². The molecule has 0 saturated heterocycles. The lowest BCUT2D eigenvalue weighted by atomic mass is 9.82. The van der Waals surface area contributed by atoms with Crippen LogP contribution in [0.3, 0.4) is 0 Å². The van der Waals surface area contributed by atoms with Crippen molar-refractivity contribution in [3.8, 4) is 21.9 Å². The van der Waals surface area contributed by atoms with E-state index in [0.29, 0.717) is 85.1 Å². The smallest absolute Gasteiger partial charge is 0.339 e. The zero-order valence-electron chi connectivity index (χ0n) is 56.5. The van der Waals surface area contributed by atoms with E-state index in [1.807, 2.05) is 58.0 Å². The number of benzene rings is 6. The third-order valence-electron chi connectivity index (χ3n) is 18.9. The van der Waals surface area contributed by atoms with Crippen LogP contribution in [-0.2, 0) is 18.9 Å². The Bertz CT molecular complexity index is 3560. The summed E-state index contributed by atoms with van der Waals surface area (Å²) in [4.78, 5) is 62.1. The van der Waals surface area contributed by atoms with Crippen LogP contribution in [0.5, 0.6) is 11.5 Å². The number of hydrogen-bond acceptors (Lipinski definition) is 12. The summed E-state index contributed by atoms with van der Waals surface area (Å²) in [5.74, 6) is 0.332. The number of thiophene rings is 2. The number of unbranched alkanes of at least 4 members (excludes halogenated alkanes) is 6. The lowest BCUT2D eigenvalue weighted by Crippen LogP contribution is -2.21. The lowest BCUT2D eigenvalue weighted by molar-refractivity contribution is 0.0253. The van der Waals surface area contributed by atoms with Gasteiger partial charge in [0.25, 0.3) is 0 Å². The van der Waals surface area contributed by atoms with Crippen molar-refractivity contribution in [2.75, 3.05) is 13.2 Å². The topological polar surface area (TPSA) is 124 Å². The largest absolute Gasteiger partial charge is 0.491 e. The average Bonchev–Trinajstić information content (AvgIpc) is 0.829. The second-order valence-electron chi connectivity index (χ2n) is 25.3. The van der Waals surface area contributed by atoms with Crippen LogP contribution in [0.2, 0.25) is 0 Å². The first-order chi connectivity index (χ1) is 43.8. The van der Waals surface area contributed by atoms with Gasteiger partial charge in [0.1, 0.15) is 35.9 Å². The minimum Gasteiger partial charge on any atom is -0.491 e. The van der Waals surface area contributed by atoms with Gasteiger partial charge in [-0.05, 0) is 150 Å². The summed E-state index contributed by atoms with van der Waals surface area (Å²) in [6, 6.07) is 17.6. The zero-order valence-corrected chi connectivity index (χ0v) is 58.2. The highest BCUT2D eigenvalue weighted by Crippen LogP contribution is 2.54. The van der Waals surface area contributed by atoms with Crippen LogP contribution in [0.25, 0.3) is 73.7 Å². The van der Waals surface area contributed by atoms with Gasteiger partial charge < -0.3 is 28.4 Å². The molecule has 488 valence electrons. The van der Waals surface area contributed by atoms with E-state index in [4.69, 9.17) is 28.4 Å². The quantitative estimate of drug-likeness (QED) is 0.0159. The molecule has 0 aliphatic heterocycles. The predicted octanol–water partition coefficient (Wildman–Crippen LogP) is 23.5. The fourth-order valence-electron chi connectivity index (χ4n) is 13.1. The van der Waals surface area contributed by atoms with Crippen LogP contribution in [0.1, 0.15) is 279 Å². The Hall–Kier alpha value is -5.98. The molecule has 90 heavy (non-hydrogen) atoms. The normalized spacial score (nSPS) is 14.0. The molecule has 0 saturated carbocycles. The van der Waals surface area contributed by atoms with Gasteiger partial charge in [-0.15, -0.1) is 22.7 Å². The van der Waals surface area contributed by atoms with Crippen LogP contribution in [0, 0.1) is 11.8 Å². The maximum absolute atomic E-state index is 15.7. The highest BCUT2D eigenvalue weighted by Gasteiger charge is 2.33. The van der Waals surface area contributed by atoms with E-state index in [1.54, 1.807) is 34.8 Å². The van der Waals surface area contributed by atoms with E-state index in [9.17, 15) is 0 Å². The summed E-state index contributed by atoms with van der Waals surface area (Å²) in [5.41, 5.74) is 1.81. The molecule has 0 N–H and O–H groups in total. The molecule has 0 radical (unpaired) electrons. The zero-order chi connectivity index (χ0) is 64.4. The molecular formula is C78H104O10S2. The molecule has 0 spiro atoms. The van der Waals surface area contributed by atoms with E-state index in [2.05, 4.69) is 72.9 Å². The van der Waals surface area contributed by atoms with Gasteiger partial charge in [0, 0.05) is 32.0 Å². The van der Waals surface area contributed by atoms with Crippen LogP contribution in [0.15, 0.2) is 60.0 Å². The number of esters is 4. The van der Waals surface area contributed by atoms with Crippen molar-refractivity contribution in [2.24, 2.45) is 11.8 Å². The van der Waals surface area contributed by atoms with Gasteiger partial charge in [-0.2, -0.15) is 0 Å². The summed E-state index contributed by atoms with van der Waals surface area (Å²) in [6.07, 6.45) is 20.1. The molecular weight excluding hydrogens is 1160 g/mol. The molecule has 0 amide bonds. The Kier molecular flexibility index (Phi) is 26.5. The molecule has 2 aromatic heterocycles. The maximum atomic E-state index is 15.7. The standard InChI is InChI=1S/C78H104O10S2/c1-13-25-31-49(19-7)47-83-71-61-43-44-89-73(61)72(84-48-50(20-8)32-26-14-2)64-46-65(90-74(64)71)62-45-63(78(82)88-54(24-12)36-30-18-6)69-60(77(81)87-53(23-11)35-29-17-5)41-38-56-55-37-40-58(75(79)85-51(21-9)33-27-15-3)68-59(76(80)86-52(22-10)34-28-16-4)42-39-57(66(55)68)67(62)70(56)69/h37-46,49-54H,13-36,47-48H2,1-12H3. The third kappa shape index (κ3) is 15.7. The van der Waals surface area contributed by atoms with Crippen LogP contribution < -0.4 is 9.47 Å². The molecule has 0 aliphatic carbocycles. The average molecular weight is 1270 g/mol. The van der Waals surface area contributed by atoms with Gasteiger partial charge in [0.2, 0.25) is 0 Å². The molecule has 8 aromatic rings. The summed E-state index contributed by atoms with van der Waals surface area (Å²) < 4.78 is 42.4. The minimum atomic E-state index is -0.519. The second-order valence-corrected chi connectivity index (χ2v) is 27.2. The van der Waals surface area contributed by atoms with Crippen molar-refractivity contribution in [3.63, 3.8) is 0 Å². The number of rotatable bonds is 39. The van der Waals surface area contributed by atoms with Crippen molar-refractivity contribution in [2.45, 2.75) is 262 Å². The van der Waals surface area contributed by atoms with E-state index < -0.39 is 23.9 Å². The van der Waals surface area contributed by atoms with Gasteiger partial charge in [0.15, 0.2) is 0 Å². The van der Waals surface area contributed by atoms with Crippen molar-refractivity contribution < 1.29 is 47.6 Å². The van der Waals surface area contributed by atoms with Crippen LogP contribution >= 0.6 is 22.7 Å². The van der Waals surface area contributed by atoms with Gasteiger partial charge in [0.05, 0.1) is 44.9 Å². The van der Waals surface area contributed by atoms with Crippen molar-refractivity contribution >= 4 is 110 Å². The first kappa shape index (κ1) is 69.9.